The van der Waals surface area contributed by atoms with Gasteiger partial charge >= 0.3 is 0 Å². The van der Waals surface area contributed by atoms with Gasteiger partial charge in [-0.25, -0.2) is 16.8 Å². The number of sulfonamides is 2. The number of carbonyl (C=O) groups is 1. The Morgan fingerprint density at radius 3 is 2.32 bits per heavy atom. The number of carbonyl (C=O) groups excluding carboxylic acids is 1. The highest BCUT2D eigenvalue weighted by Crippen LogP contribution is 2.31. The molecule has 4 rings (SSSR count). The molecule has 11 nitrogen and oxygen atoms in total. The van der Waals surface area contributed by atoms with Crippen LogP contribution >= 0.6 is 11.6 Å². The second-order valence-electron chi connectivity index (χ2n) is 10.7. The number of rotatable bonds is 10. The second kappa shape index (κ2) is 13.7. The largest absolute Gasteiger partial charge is 0.497 e. The van der Waals surface area contributed by atoms with E-state index in [2.05, 4.69) is 4.72 Å². The van der Waals surface area contributed by atoms with E-state index < -0.39 is 32.2 Å². The van der Waals surface area contributed by atoms with Gasteiger partial charge in [-0.05, 0) is 73.7 Å². The molecule has 3 aromatic rings. The van der Waals surface area contributed by atoms with Crippen molar-refractivity contribution < 1.29 is 36.2 Å². The fourth-order valence-electron chi connectivity index (χ4n) is 4.82. The monoisotopic (exact) mass is 665 g/mol. The van der Waals surface area contributed by atoms with Gasteiger partial charge in [-0.3, -0.25) is 9.52 Å². The lowest BCUT2D eigenvalue weighted by Crippen LogP contribution is -2.48. The molecule has 0 fully saturated rings. The van der Waals surface area contributed by atoms with Crippen molar-refractivity contribution in [1.82, 2.24) is 9.21 Å². The second-order valence-corrected chi connectivity index (χ2v) is 14.9. The number of hydrogen-bond acceptors (Lipinski definition) is 8. The molecule has 1 aliphatic heterocycles. The fraction of sp³-hybridized carbons (Fsp3) is 0.367. The molecule has 0 unspecified atom stereocenters. The minimum Gasteiger partial charge on any atom is -0.497 e. The predicted molar refractivity (Wildman–Crippen MR) is 167 cm³/mol. The van der Waals surface area contributed by atoms with E-state index >= 15 is 0 Å². The lowest BCUT2D eigenvalue weighted by atomic mass is 10.0. The number of likely N-dealkylation sites (N-methyl/N-ethyl adjacent to an activating group) is 1. The van der Waals surface area contributed by atoms with Crippen molar-refractivity contribution in [2.75, 3.05) is 38.6 Å². The lowest BCUT2D eigenvalue weighted by Gasteiger charge is -2.33. The van der Waals surface area contributed by atoms with E-state index in [-0.39, 0.29) is 53.4 Å². The Balaban J connectivity index is 1.67. The third-order valence-electron chi connectivity index (χ3n) is 7.50. The van der Waals surface area contributed by atoms with Crippen molar-refractivity contribution in [3.63, 3.8) is 0 Å². The summed E-state index contributed by atoms with van der Waals surface area (Å²) < 4.78 is 68.1. The van der Waals surface area contributed by atoms with Crippen molar-refractivity contribution in [2.45, 2.75) is 42.2 Å². The summed E-state index contributed by atoms with van der Waals surface area (Å²) in [4.78, 5) is 15.1. The Labute approximate surface area is 263 Å². The van der Waals surface area contributed by atoms with Gasteiger partial charge in [0.2, 0.25) is 15.9 Å². The van der Waals surface area contributed by atoms with E-state index in [1.807, 2.05) is 6.92 Å². The number of hydrogen-bond donors (Lipinski definition) is 2. The number of amides is 1. The van der Waals surface area contributed by atoms with Gasteiger partial charge in [0.15, 0.2) is 0 Å². The number of ether oxygens (including phenoxy) is 2. The smallest absolute Gasteiger partial charge is 0.261 e. The summed E-state index contributed by atoms with van der Waals surface area (Å²) in [5, 5.41) is 10.3. The van der Waals surface area contributed by atoms with Crippen molar-refractivity contribution in [2.24, 2.45) is 5.92 Å². The summed E-state index contributed by atoms with van der Waals surface area (Å²) in [5.41, 5.74) is 0.617. The zero-order valence-corrected chi connectivity index (χ0v) is 27.2. The zero-order chi connectivity index (χ0) is 32.2. The molecule has 0 saturated carbocycles. The maximum Gasteiger partial charge on any atom is 0.261 e. The molecule has 1 heterocycles. The molecule has 1 amide bonds. The maximum atomic E-state index is 13.5. The quantitative estimate of drug-likeness (QED) is 0.335. The molecule has 14 heteroatoms. The van der Waals surface area contributed by atoms with Crippen LogP contribution in [0.15, 0.2) is 76.5 Å². The summed E-state index contributed by atoms with van der Waals surface area (Å²) >= 11 is 5.94. The highest BCUT2D eigenvalue weighted by molar-refractivity contribution is 7.92. The van der Waals surface area contributed by atoms with Gasteiger partial charge in [0.05, 0.1) is 42.5 Å². The number of benzene rings is 3. The predicted octanol–water partition coefficient (Wildman–Crippen LogP) is 3.62. The molecule has 1 aliphatic rings. The standard InChI is InChI=1S/C30H36ClN3O8S2/c1-20-17-34(21(2)19-35)30(36)16-22-15-24(32-43(37,38)26-12-8-25(41-4)9-13-26)7-14-28(22)42-29(20)18-33(3)44(39,40)27-10-5-23(31)6-11-27/h5-15,20-21,29,32,35H,16-19H2,1-4H3/t20-,21-,29-/m1/s1. The Bertz CT molecular complexity index is 1680. The van der Waals surface area contributed by atoms with Crippen molar-refractivity contribution in [3.05, 3.63) is 77.3 Å². The van der Waals surface area contributed by atoms with Gasteiger partial charge in [-0.1, -0.05) is 18.5 Å². The highest BCUT2D eigenvalue weighted by Gasteiger charge is 2.33. The number of aliphatic hydroxyl groups excluding tert-OH is 1. The van der Waals surface area contributed by atoms with Crippen molar-refractivity contribution >= 4 is 43.2 Å². The Morgan fingerprint density at radius 1 is 1.07 bits per heavy atom. The van der Waals surface area contributed by atoms with Gasteiger partial charge in [-0.15, -0.1) is 0 Å². The van der Waals surface area contributed by atoms with Crippen LogP contribution in [0, 0.1) is 5.92 Å². The number of halogens is 1. The molecular weight excluding hydrogens is 630 g/mol. The molecule has 0 aromatic heterocycles. The molecule has 0 spiro atoms. The van der Waals surface area contributed by atoms with E-state index in [1.165, 1.54) is 84.0 Å². The first-order chi connectivity index (χ1) is 20.7. The number of nitrogens with one attached hydrogen (secondary N) is 1. The number of aliphatic hydroxyl groups is 1. The first-order valence-electron chi connectivity index (χ1n) is 13.8. The molecule has 238 valence electrons. The Kier molecular flexibility index (Phi) is 10.5. The minimum absolute atomic E-state index is 0.0240. The van der Waals surface area contributed by atoms with E-state index in [1.54, 1.807) is 13.0 Å². The molecule has 2 N–H and O–H groups in total. The van der Waals surface area contributed by atoms with E-state index in [4.69, 9.17) is 21.1 Å². The molecule has 0 radical (unpaired) electrons. The van der Waals surface area contributed by atoms with Crippen LogP contribution < -0.4 is 14.2 Å². The molecule has 3 atom stereocenters. The number of nitrogens with zero attached hydrogens (tertiary/aromatic N) is 2. The summed E-state index contributed by atoms with van der Waals surface area (Å²) in [6.07, 6.45) is -0.835. The number of fused-ring (bicyclic) bond motifs is 1. The fourth-order valence-corrected chi connectivity index (χ4v) is 7.18. The molecule has 0 bridgehead atoms. The zero-order valence-electron chi connectivity index (χ0n) is 24.8. The molecule has 0 aliphatic carbocycles. The molecule has 0 saturated heterocycles. The van der Waals surface area contributed by atoms with Crippen LogP contribution in [0.5, 0.6) is 11.5 Å². The number of methoxy groups -OCH3 is 1. The normalized spacial score (nSPS) is 18.4. The minimum atomic E-state index is -3.97. The van der Waals surface area contributed by atoms with E-state index in [0.717, 1.165) is 0 Å². The van der Waals surface area contributed by atoms with Crippen LogP contribution in [-0.4, -0.2) is 83.1 Å². The van der Waals surface area contributed by atoms with Crippen LogP contribution in [0.25, 0.3) is 0 Å². The van der Waals surface area contributed by atoms with Crippen LogP contribution in [0.3, 0.4) is 0 Å². The SMILES string of the molecule is COc1ccc(S(=O)(=O)Nc2ccc3c(c2)CC(=O)N([C@H](C)CO)C[C@@H](C)[C@@H](CN(C)S(=O)(=O)c2ccc(Cl)cc2)O3)cc1. The van der Waals surface area contributed by atoms with Gasteiger partial charge in [0.1, 0.15) is 17.6 Å². The first kappa shape index (κ1) is 33.5. The van der Waals surface area contributed by atoms with Crippen LogP contribution in [-0.2, 0) is 31.3 Å². The summed E-state index contributed by atoms with van der Waals surface area (Å²) in [5.74, 6) is 0.184. The van der Waals surface area contributed by atoms with E-state index in [0.29, 0.717) is 22.1 Å². The van der Waals surface area contributed by atoms with Crippen molar-refractivity contribution in [3.8, 4) is 11.5 Å². The lowest BCUT2D eigenvalue weighted by molar-refractivity contribution is -0.134. The van der Waals surface area contributed by atoms with E-state index in [9.17, 15) is 26.7 Å². The van der Waals surface area contributed by atoms with Gasteiger partial charge in [-0.2, -0.15) is 4.31 Å². The summed E-state index contributed by atoms with van der Waals surface area (Å²) in [6.45, 7) is 3.44. The topological polar surface area (TPSA) is 143 Å². The number of anilines is 1. The summed E-state index contributed by atoms with van der Waals surface area (Å²) in [6, 6.07) is 15.8. The maximum absolute atomic E-state index is 13.5. The van der Waals surface area contributed by atoms with Gasteiger partial charge < -0.3 is 19.5 Å². The molecule has 3 aromatic carbocycles. The average Bonchev–Trinajstić information content (AvgIpc) is 3.04. The third kappa shape index (κ3) is 7.64. The summed E-state index contributed by atoms with van der Waals surface area (Å²) in [7, 11) is -4.94. The van der Waals surface area contributed by atoms with Gasteiger partial charge in [0.25, 0.3) is 10.0 Å². The van der Waals surface area contributed by atoms with Crippen LogP contribution in [0.4, 0.5) is 5.69 Å². The third-order valence-corrected chi connectivity index (χ3v) is 11.0. The van der Waals surface area contributed by atoms with Gasteiger partial charge in [0, 0.05) is 35.8 Å². The molecule has 44 heavy (non-hydrogen) atoms. The van der Waals surface area contributed by atoms with Crippen LogP contribution in [0.1, 0.15) is 19.4 Å². The molecular formula is C30H36ClN3O8S2. The van der Waals surface area contributed by atoms with Crippen LogP contribution in [0.2, 0.25) is 5.02 Å². The average molecular weight is 666 g/mol. The highest BCUT2D eigenvalue weighted by atomic mass is 35.5. The Morgan fingerprint density at radius 2 is 1.70 bits per heavy atom. The van der Waals surface area contributed by atoms with Crippen molar-refractivity contribution in [1.29, 1.82) is 0 Å². The first-order valence-corrected chi connectivity index (χ1v) is 17.1. The Hall–Kier alpha value is -3.36.